The van der Waals surface area contributed by atoms with E-state index in [1.807, 2.05) is 0 Å². The maximum atomic E-state index is 10.5. The van der Waals surface area contributed by atoms with Crippen molar-refractivity contribution in [3.05, 3.63) is 33.6 Å². The highest BCUT2D eigenvalue weighted by atomic mass is 35.5. The molecule has 0 aliphatic heterocycles. The second-order valence-corrected chi connectivity index (χ2v) is 4.71. The zero-order chi connectivity index (χ0) is 12.4. The van der Waals surface area contributed by atoms with Crippen LogP contribution in [0.5, 0.6) is 5.19 Å². The van der Waals surface area contributed by atoms with E-state index >= 15 is 0 Å². The van der Waals surface area contributed by atoms with Crippen molar-refractivity contribution in [3.8, 4) is 16.5 Å². The lowest BCUT2D eigenvalue weighted by molar-refractivity contribution is 0.210. The predicted molar refractivity (Wildman–Crippen MR) is 67.8 cm³/mol. The predicted octanol–water partition coefficient (Wildman–Crippen LogP) is 3.57. The summed E-state index contributed by atoms with van der Waals surface area (Å²) in [6.07, 6.45) is -0.895. The molecule has 0 unspecified atom stereocenters. The number of halogens is 2. The number of rotatable bonds is 2. The normalized spacial score (nSPS) is 10.2. The monoisotopic (exact) mass is 288 g/mol. The first-order valence-corrected chi connectivity index (χ1v) is 6.08. The third-order valence-corrected chi connectivity index (χ3v) is 3.14. The molecule has 0 fully saturated rings. The van der Waals surface area contributed by atoms with E-state index in [1.54, 1.807) is 23.6 Å². The number of benzene rings is 1. The van der Waals surface area contributed by atoms with Gasteiger partial charge in [-0.2, -0.15) is 0 Å². The van der Waals surface area contributed by atoms with Gasteiger partial charge in [0.25, 0.3) is 5.19 Å². The lowest BCUT2D eigenvalue weighted by Gasteiger charge is -2.00. The van der Waals surface area contributed by atoms with E-state index in [1.165, 1.54) is 0 Å². The molecule has 0 saturated heterocycles. The van der Waals surface area contributed by atoms with Gasteiger partial charge in [-0.05, 0) is 18.2 Å². The van der Waals surface area contributed by atoms with Crippen molar-refractivity contribution >= 4 is 40.6 Å². The summed E-state index contributed by atoms with van der Waals surface area (Å²) < 4.78 is 4.66. The van der Waals surface area contributed by atoms with Gasteiger partial charge in [0.1, 0.15) is 0 Å². The average Bonchev–Trinajstić information content (AvgIpc) is 2.65. The van der Waals surface area contributed by atoms with Crippen LogP contribution in [0.4, 0.5) is 4.79 Å². The van der Waals surface area contributed by atoms with Crippen molar-refractivity contribution in [3.63, 3.8) is 0 Å². The Morgan fingerprint density at radius 1 is 1.41 bits per heavy atom. The summed E-state index contributed by atoms with van der Waals surface area (Å²) >= 11 is 13.0. The molecule has 1 aromatic heterocycles. The van der Waals surface area contributed by atoms with E-state index in [-0.39, 0.29) is 5.19 Å². The maximum absolute atomic E-state index is 10.5. The van der Waals surface area contributed by atoms with Crippen molar-refractivity contribution in [2.24, 2.45) is 5.73 Å². The molecule has 0 spiro atoms. The van der Waals surface area contributed by atoms with Gasteiger partial charge in [-0.15, -0.1) is 0 Å². The lowest BCUT2D eigenvalue weighted by atomic mass is 10.2. The van der Waals surface area contributed by atoms with Crippen LogP contribution in [0, 0.1) is 0 Å². The molecule has 0 aliphatic rings. The van der Waals surface area contributed by atoms with E-state index in [0.29, 0.717) is 21.3 Å². The SMILES string of the molecule is NC(=O)Oc1nc(-c2ccc(Cl)cc2Cl)cs1. The first-order chi connectivity index (χ1) is 8.06. The lowest BCUT2D eigenvalue weighted by Crippen LogP contribution is -2.15. The summed E-state index contributed by atoms with van der Waals surface area (Å²) in [6, 6.07) is 5.07. The van der Waals surface area contributed by atoms with Gasteiger partial charge in [-0.1, -0.05) is 34.5 Å². The van der Waals surface area contributed by atoms with E-state index in [0.717, 1.165) is 11.3 Å². The highest BCUT2D eigenvalue weighted by Gasteiger charge is 2.10. The Morgan fingerprint density at radius 3 is 2.82 bits per heavy atom. The quantitative estimate of drug-likeness (QED) is 0.919. The van der Waals surface area contributed by atoms with Crippen LogP contribution in [-0.4, -0.2) is 11.1 Å². The Kier molecular flexibility index (Phi) is 3.51. The van der Waals surface area contributed by atoms with Gasteiger partial charge in [-0.25, -0.2) is 9.78 Å². The zero-order valence-corrected chi connectivity index (χ0v) is 10.6. The third kappa shape index (κ3) is 2.88. The Morgan fingerprint density at radius 2 is 2.18 bits per heavy atom. The minimum absolute atomic E-state index is 0.179. The van der Waals surface area contributed by atoms with Crippen LogP contribution in [0.3, 0.4) is 0 Å². The number of carbonyl (C=O) groups is 1. The van der Waals surface area contributed by atoms with Crippen LogP contribution in [-0.2, 0) is 0 Å². The molecule has 1 aromatic carbocycles. The van der Waals surface area contributed by atoms with Crippen LogP contribution in [0.2, 0.25) is 10.0 Å². The molecular formula is C10H6Cl2N2O2S. The molecule has 0 bridgehead atoms. The first kappa shape index (κ1) is 12.2. The van der Waals surface area contributed by atoms with E-state index in [4.69, 9.17) is 28.9 Å². The van der Waals surface area contributed by atoms with E-state index in [9.17, 15) is 4.79 Å². The number of carbonyl (C=O) groups excluding carboxylic acids is 1. The summed E-state index contributed by atoms with van der Waals surface area (Å²) in [5.74, 6) is 0. The topological polar surface area (TPSA) is 65.2 Å². The number of amides is 1. The van der Waals surface area contributed by atoms with Gasteiger partial charge in [0.2, 0.25) is 0 Å². The first-order valence-electron chi connectivity index (χ1n) is 4.44. The number of hydrogen-bond donors (Lipinski definition) is 1. The van der Waals surface area contributed by atoms with Crippen LogP contribution in [0.15, 0.2) is 23.6 Å². The van der Waals surface area contributed by atoms with Gasteiger partial charge in [0, 0.05) is 16.0 Å². The molecule has 0 saturated carbocycles. The minimum atomic E-state index is -0.895. The molecule has 4 nitrogen and oxygen atoms in total. The number of thiazole rings is 1. The number of aromatic nitrogens is 1. The summed E-state index contributed by atoms with van der Waals surface area (Å²) in [4.78, 5) is 14.6. The number of nitrogens with two attached hydrogens (primary N) is 1. The van der Waals surface area contributed by atoms with Gasteiger partial charge < -0.3 is 10.5 Å². The molecule has 1 amide bonds. The maximum Gasteiger partial charge on any atom is 0.411 e. The fourth-order valence-corrected chi connectivity index (χ4v) is 2.39. The highest BCUT2D eigenvalue weighted by molar-refractivity contribution is 7.11. The summed E-state index contributed by atoms with van der Waals surface area (Å²) in [7, 11) is 0. The molecule has 7 heteroatoms. The molecule has 1 heterocycles. The molecule has 0 aliphatic carbocycles. The summed E-state index contributed by atoms with van der Waals surface area (Å²) in [5.41, 5.74) is 6.20. The Labute approximate surface area is 111 Å². The molecule has 2 rings (SSSR count). The van der Waals surface area contributed by atoms with Crippen molar-refractivity contribution < 1.29 is 9.53 Å². The Bertz CT molecular complexity index is 571. The van der Waals surface area contributed by atoms with Gasteiger partial charge >= 0.3 is 6.09 Å². The van der Waals surface area contributed by atoms with Crippen LogP contribution in [0.1, 0.15) is 0 Å². The Hall–Kier alpha value is -1.30. The number of ether oxygens (including phenoxy) is 1. The number of nitrogens with zero attached hydrogens (tertiary/aromatic N) is 1. The molecule has 2 aromatic rings. The summed E-state index contributed by atoms with van der Waals surface area (Å²) in [5, 5.41) is 2.92. The molecule has 17 heavy (non-hydrogen) atoms. The van der Waals surface area contributed by atoms with E-state index in [2.05, 4.69) is 9.72 Å². The van der Waals surface area contributed by atoms with Crippen molar-refractivity contribution in [1.82, 2.24) is 4.98 Å². The van der Waals surface area contributed by atoms with E-state index < -0.39 is 6.09 Å². The molecular weight excluding hydrogens is 283 g/mol. The van der Waals surface area contributed by atoms with Crippen molar-refractivity contribution in [2.75, 3.05) is 0 Å². The molecule has 88 valence electrons. The fraction of sp³-hybridized carbons (Fsp3) is 0. The number of hydrogen-bond acceptors (Lipinski definition) is 4. The van der Waals surface area contributed by atoms with Crippen LogP contribution < -0.4 is 10.5 Å². The molecule has 0 atom stereocenters. The second-order valence-electron chi connectivity index (χ2n) is 3.04. The largest absolute Gasteiger partial charge is 0.411 e. The fourth-order valence-electron chi connectivity index (χ4n) is 1.21. The van der Waals surface area contributed by atoms with Crippen LogP contribution in [0.25, 0.3) is 11.3 Å². The summed E-state index contributed by atoms with van der Waals surface area (Å²) in [6.45, 7) is 0. The third-order valence-electron chi connectivity index (χ3n) is 1.88. The molecule has 0 radical (unpaired) electrons. The smallest absolute Gasteiger partial charge is 0.381 e. The van der Waals surface area contributed by atoms with Crippen molar-refractivity contribution in [1.29, 1.82) is 0 Å². The number of primary amides is 1. The molecule has 2 N–H and O–H groups in total. The van der Waals surface area contributed by atoms with Gasteiger partial charge in [0.05, 0.1) is 10.7 Å². The average molecular weight is 289 g/mol. The Balaban J connectivity index is 2.33. The highest BCUT2D eigenvalue weighted by Crippen LogP contribution is 2.32. The second kappa shape index (κ2) is 4.91. The standard InChI is InChI=1S/C10H6Cl2N2O2S/c11-5-1-2-6(7(12)3-5)8-4-17-10(14-8)16-9(13)15/h1-4H,(H2,13,15). The van der Waals surface area contributed by atoms with Crippen molar-refractivity contribution in [2.45, 2.75) is 0 Å². The minimum Gasteiger partial charge on any atom is -0.381 e. The van der Waals surface area contributed by atoms with Gasteiger partial charge in [0.15, 0.2) is 0 Å². The zero-order valence-electron chi connectivity index (χ0n) is 8.31. The van der Waals surface area contributed by atoms with Crippen LogP contribution >= 0.6 is 34.5 Å². The van der Waals surface area contributed by atoms with Gasteiger partial charge in [-0.3, -0.25) is 0 Å².